The van der Waals surface area contributed by atoms with Gasteiger partial charge in [0.1, 0.15) is 30.6 Å². The van der Waals surface area contributed by atoms with Crippen LogP contribution in [0.2, 0.25) is 0 Å². The number of nitrogens with zero attached hydrogens (tertiary/aromatic N) is 1. The van der Waals surface area contributed by atoms with E-state index in [0.717, 1.165) is 42.0 Å². The minimum Gasteiger partial charge on any atom is -0.492 e. The average Bonchev–Trinajstić information content (AvgIpc) is 2.87. The van der Waals surface area contributed by atoms with Crippen molar-refractivity contribution in [3.8, 4) is 5.75 Å². The number of halogens is 2. The third-order valence-corrected chi connectivity index (χ3v) is 6.44. The quantitative estimate of drug-likeness (QED) is 0.264. The van der Waals surface area contributed by atoms with Gasteiger partial charge in [0, 0.05) is 37.0 Å². The van der Waals surface area contributed by atoms with E-state index in [1.807, 2.05) is 0 Å². The highest BCUT2D eigenvalue weighted by Crippen LogP contribution is 2.16. The number of amides is 1. The number of rotatable bonds is 17. The van der Waals surface area contributed by atoms with E-state index in [-0.39, 0.29) is 31.7 Å². The predicted octanol–water partition coefficient (Wildman–Crippen LogP) is 5.55. The number of benzene rings is 2. The Balaban J connectivity index is 1.89. The molecule has 10 heteroatoms. The van der Waals surface area contributed by atoms with Gasteiger partial charge in [0.2, 0.25) is 0 Å². The largest absolute Gasteiger partial charge is 0.492 e. The van der Waals surface area contributed by atoms with E-state index in [2.05, 4.69) is 6.92 Å². The number of aliphatic carboxylic acids is 1. The Morgan fingerprint density at radius 1 is 1.05 bits per heavy atom. The van der Waals surface area contributed by atoms with Crippen molar-refractivity contribution >= 4 is 23.8 Å². The summed E-state index contributed by atoms with van der Waals surface area (Å²) in [6.07, 6.45) is 0.921. The highest BCUT2D eigenvalue weighted by molar-refractivity contribution is 7.99. The first kappa shape index (κ1) is 30.4. The summed E-state index contributed by atoms with van der Waals surface area (Å²) in [5, 5.41) is 9.24. The van der Waals surface area contributed by atoms with Crippen LogP contribution in [0.1, 0.15) is 37.8 Å². The van der Waals surface area contributed by atoms with E-state index < -0.39 is 29.8 Å². The number of hydrogen-bond donors (Lipinski definition) is 1. The Bertz CT molecular complexity index is 976. The lowest BCUT2D eigenvalue weighted by Gasteiger charge is -2.22. The van der Waals surface area contributed by atoms with Crippen LogP contribution in [0.3, 0.4) is 0 Å². The number of ether oxygens (including phenoxy) is 3. The minimum atomic E-state index is -1.01. The number of hydrogen-bond acceptors (Lipinski definition) is 6. The summed E-state index contributed by atoms with van der Waals surface area (Å²) in [6, 6.07) is 10.1. The molecule has 1 atom stereocenters. The molecular formula is C27H35F2NO6S. The highest BCUT2D eigenvalue weighted by Gasteiger charge is 2.18. The first-order valence-corrected chi connectivity index (χ1v) is 13.5. The van der Waals surface area contributed by atoms with Crippen LogP contribution in [0.5, 0.6) is 5.75 Å². The lowest BCUT2D eigenvalue weighted by molar-refractivity contribution is -0.149. The summed E-state index contributed by atoms with van der Waals surface area (Å²) < 4.78 is 43.3. The molecule has 1 unspecified atom stereocenters. The molecule has 0 aliphatic heterocycles. The molecule has 0 fully saturated rings. The molecule has 1 N–H and O–H groups in total. The van der Waals surface area contributed by atoms with Crippen LogP contribution < -0.4 is 4.74 Å². The summed E-state index contributed by atoms with van der Waals surface area (Å²) >= 11 is 1.74. The number of carboxylic acids is 1. The van der Waals surface area contributed by atoms with Crippen LogP contribution in [0.15, 0.2) is 42.5 Å². The van der Waals surface area contributed by atoms with Crippen molar-refractivity contribution in [3.05, 3.63) is 65.2 Å². The van der Waals surface area contributed by atoms with Crippen LogP contribution in [0.4, 0.5) is 13.6 Å². The molecule has 0 spiro atoms. The molecule has 2 rings (SSSR count). The fourth-order valence-electron chi connectivity index (χ4n) is 3.32. The zero-order chi connectivity index (χ0) is 27.0. The summed E-state index contributed by atoms with van der Waals surface area (Å²) in [6.45, 7) is 4.78. The zero-order valence-electron chi connectivity index (χ0n) is 21.3. The van der Waals surface area contributed by atoms with Crippen LogP contribution in [-0.4, -0.2) is 66.0 Å². The maximum Gasteiger partial charge on any atom is 0.410 e. The third kappa shape index (κ3) is 11.4. The molecule has 204 valence electrons. The Hall–Kier alpha value is -2.85. The predicted molar refractivity (Wildman–Crippen MR) is 139 cm³/mol. The molecule has 2 aromatic rings. The summed E-state index contributed by atoms with van der Waals surface area (Å²) in [5.74, 6) is -0.180. The second-order valence-electron chi connectivity index (χ2n) is 8.22. The Labute approximate surface area is 221 Å². The molecule has 0 aliphatic carbocycles. The molecule has 0 radical (unpaired) electrons. The molecule has 7 nitrogen and oxygen atoms in total. The average molecular weight is 540 g/mol. The summed E-state index contributed by atoms with van der Waals surface area (Å²) in [7, 11) is 0. The van der Waals surface area contributed by atoms with Crippen molar-refractivity contribution < 1.29 is 37.7 Å². The highest BCUT2D eigenvalue weighted by atomic mass is 32.2. The normalized spacial score (nSPS) is 11.7. The summed E-state index contributed by atoms with van der Waals surface area (Å²) in [4.78, 5) is 25.5. The Morgan fingerprint density at radius 3 is 2.46 bits per heavy atom. The topological polar surface area (TPSA) is 85.3 Å². The lowest BCUT2D eigenvalue weighted by atomic mass is 10.1. The van der Waals surface area contributed by atoms with Gasteiger partial charge in [0.15, 0.2) is 6.10 Å². The molecule has 0 saturated heterocycles. The van der Waals surface area contributed by atoms with Crippen LogP contribution in [-0.2, 0) is 27.3 Å². The van der Waals surface area contributed by atoms with Gasteiger partial charge in [-0.1, -0.05) is 25.5 Å². The fourth-order valence-corrected chi connectivity index (χ4v) is 4.36. The fraction of sp³-hybridized carbons (Fsp3) is 0.481. The molecule has 2 aromatic carbocycles. The van der Waals surface area contributed by atoms with E-state index in [0.29, 0.717) is 18.9 Å². The molecule has 0 bridgehead atoms. The molecule has 37 heavy (non-hydrogen) atoms. The first-order valence-electron chi connectivity index (χ1n) is 12.3. The number of carboxylic acid groups (broad SMARTS) is 1. The molecule has 0 aliphatic rings. The third-order valence-electron chi connectivity index (χ3n) is 5.39. The monoisotopic (exact) mass is 539 g/mol. The van der Waals surface area contributed by atoms with Gasteiger partial charge in [0.05, 0.1) is 6.54 Å². The second-order valence-corrected chi connectivity index (χ2v) is 9.45. The molecular weight excluding hydrogens is 504 g/mol. The van der Waals surface area contributed by atoms with Gasteiger partial charge in [-0.3, -0.25) is 0 Å². The number of carbonyl (C=O) groups excluding carboxylic acids is 1. The van der Waals surface area contributed by atoms with Crippen LogP contribution >= 0.6 is 11.8 Å². The number of thioether (sulfide) groups is 1. The number of carbonyl (C=O) groups is 2. The van der Waals surface area contributed by atoms with Gasteiger partial charge in [-0.15, -0.1) is 0 Å². The van der Waals surface area contributed by atoms with Crippen molar-refractivity contribution in [3.63, 3.8) is 0 Å². The molecule has 0 heterocycles. The van der Waals surface area contributed by atoms with E-state index in [9.17, 15) is 23.5 Å². The van der Waals surface area contributed by atoms with E-state index in [1.54, 1.807) is 43.0 Å². The van der Waals surface area contributed by atoms with Gasteiger partial charge in [-0.05, 0) is 48.9 Å². The van der Waals surface area contributed by atoms with Gasteiger partial charge in [-0.2, -0.15) is 11.8 Å². The van der Waals surface area contributed by atoms with Gasteiger partial charge >= 0.3 is 12.1 Å². The molecule has 0 saturated carbocycles. The number of unbranched alkanes of at least 4 members (excludes halogenated alkanes) is 1. The van der Waals surface area contributed by atoms with Crippen molar-refractivity contribution in [1.29, 1.82) is 0 Å². The van der Waals surface area contributed by atoms with Crippen molar-refractivity contribution in [2.24, 2.45) is 0 Å². The second kappa shape index (κ2) is 16.8. The van der Waals surface area contributed by atoms with Crippen molar-refractivity contribution in [1.82, 2.24) is 4.90 Å². The van der Waals surface area contributed by atoms with Crippen LogP contribution in [0.25, 0.3) is 0 Å². The van der Waals surface area contributed by atoms with E-state index >= 15 is 0 Å². The minimum absolute atomic E-state index is 0.0952. The standard InChI is InChI=1S/C27H35F2NO6S/c1-3-5-15-37-16-13-30(27(33)36-19-21-8-9-22(28)18-24(21)29)12-14-35-23-10-6-20(7-11-23)17-25(26(31)32)34-4-2/h6-11,18,25H,3-5,12-17,19H2,1-2H3,(H,31,32). The molecule has 1 amide bonds. The Morgan fingerprint density at radius 2 is 1.81 bits per heavy atom. The molecule has 0 aromatic heterocycles. The van der Waals surface area contributed by atoms with E-state index in [4.69, 9.17) is 14.2 Å². The van der Waals surface area contributed by atoms with Crippen molar-refractivity contribution in [2.45, 2.75) is 45.8 Å². The van der Waals surface area contributed by atoms with Gasteiger partial charge < -0.3 is 24.2 Å². The zero-order valence-corrected chi connectivity index (χ0v) is 22.1. The smallest absolute Gasteiger partial charge is 0.410 e. The van der Waals surface area contributed by atoms with E-state index in [1.165, 1.54) is 11.0 Å². The maximum absolute atomic E-state index is 13.9. The summed E-state index contributed by atoms with van der Waals surface area (Å²) in [5.41, 5.74) is 0.897. The Kier molecular flexibility index (Phi) is 13.8. The van der Waals surface area contributed by atoms with Crippen LogP contribution in [0, 0.1) is 11.6 Å². The van der Waals surface area contributed by atoms with Gasteiger partial charge in [0.25, 0.3) is 0 Å². The van der Waals surface area contributed by atoms with Crippen molar-refractivity contribution in [2.75, 3.05) is 37.8 Å². The van der Waals surface area contributed by atoms with Gasteiger partial charge in [-0.25, -0.2) is 18.4 Å². The SMILES string of the molecule is CCCCSCCN(CCOc1ccc(CC(OCC)C(=O)O)cc1)C(=O)OCc1ccc(F)cc1F. The lowest BCUT2D eigenvalue weighted by Crippen LogP contribution is -2.36. The maximum atomic E-state index is 13.9. The first-order chi connectivity index (χ1) is 17.8.